The predicted octanol–water partition coefficient (Wildman–Crippen LogP) is 2.77. The second-order valence-electron chi connectivity index (χ2n) is 6.70. The standard InChI is InChI=1S/C21H21N3O3/c1-27-16-10-8-15(9-11-16)18-7-4-12-23(18)21(26)14-24-19-6-3-2-5-17(19)20(25)13-22-24/h2-3,5-6,8-11,13,18H,4,7,12,14H2,1H3. The third-order valence-corrected chi connectivity index (χ3v) is 5.12. The quantitative estimate of drug-likeness (QED) is 0.715. The molecule has 1 amide bonds. The van der Waals surface area contributed by atoms with E-state index in [1.54, 1.807) is 17.9 Å². The summed E-state index contributed by atoms with van der Waals surface area (Å²) in [6, 6.07) is 15.2. The average molecular weight is 363 g/mol. The highest BCUT2D eigenvalue weighted by Crippen LogP contribution is 2.33. The number of para-hydroxylation sites is 1. The van der Waals surface area contributed by atoms with E-state index in [1.165, 1.54) is 6.20 Å². The number of methoxy groups -OCH3 is 1. The first kappa shape index (κ1) is 17.3. The van der Waals surface area contributed by atoms with Crippen molar-refractivity contribution in [3.8, 4) is 5.75 Å². The molecule has 1 fully saturated rings. The smallest absolute Gasteiger partial charge is 0.244 e. The van der Waals surface area contributed by atoms with Crippen molar-refractivity contribution in [2.24, 2.45) is 0 Å². The summed E-state index contributed by atoms with van der Waals surface area (Å²) in [5.41, 5.74) is 1.66. The van der Waals surface area contributed by atoms with E-state index in [9.17, 15) is 9.59 Å². The van der Waals surface area contributed by atoms with Crippen molar-refractivity contribution in [2.45, 2.75) is 25.4 Å². The maximum atomic E-state index is 13.0. The zero-order chi connectivity index (χ0) is 18.8. The minimum atomic E-state index is -0.133. The van der Waals surface area contributed by atoms with Crippen molar-refractivity contribution in [3.63, 3.8) is 0 Å². The highest BCUT2D eigenvalue weighted by molar-refractivity contribution is 5.82. The second-order valence-corrected chi connectivity index (χ2v) is 6.70. The van der Waals surface area contributed by atoms with E-state index >= 15 is 0 Å². The fraction of sp³-hybridized carbons (Fsp3) is 0.286. The van der Waals surface area contributed by atoms with Crippen LogP contribution in [-0.4, -0.2) is 34.2 Å². The summed E-state index contributed by atoms with van der Waals surface area (Å²) in [5, 5.41) is 4.76. The van der Waals surface area contributed by atoms with E-state index in [4.69, 9.17) is 4.74 Å². The largest absolute Gasteiger partial charge is 0.497 e. The summed E-state index contributed by atoms with van der Waals surface area (Å²) >= 11 is 0. The Morgan fingerprint density at radius 1 is 1.19 bits per heavy atom. The Hall–Kier alpha value is -3.15. The molecule has 0 bridgehead atoms. The lowest BCUT2D eigenvalue weighted by Gasteiger charge is -2.25. The van der Waals surface area contributed by atoms with Crippen molar-refractivity contribution in [1.82, 2.24) is 14.7 Å². The van der Waals surface area contributed by atoms with E-state index in [1.807, 2.05) is 47.4 Å². The lowest BCUT2D eigenvalue weighted by Crippen LogP contribution is -2.34. The molecule has 0 saturated carbocycles. The van der Waals surface area contributed by atoms with Crippen LogP contribution in [0.1, 0.15) is 24.4 Å². The summed E-state index contributed by atoms with van der Waals surface area (Å²) in [4.78, 5) is 26.9. The molecule has 1 aromatic heterocycles. The molecule has 2 heterocycles. The van der Waals surface area contributed by atoms with Gasteiger partial charge < -0.3 is 9.64 Å². The third kappa shape index (κ3) is 3.30. The van der Waals surface area contributed by atoms with Crippen molar-refractivity contribution in [1.29, 1.82) is 0 Å². The van der Waals surface area contributed by atoms with Gasteiger partial charge in [-0.25, -0.2) is 0 Å². The Bertz CT molecular complexity index is 1030. The molecule has 6 heteroatoms. The number of fused-ring (bicyclic) bond motifs is 1. The molecule has 27 heavy (non-hydrogen) atoms. The minimum Gasteiger partial charge on any atom is -0.497 e. The molecular weight excluding hydrogens is 342 g/mol. The number of carbonyl (C=O) groups is 1. The summed E-state index contributed by atoms with van der Waals surface area (Å²) in [6.45, 7) is 0.848. The van der Waals surface area contributed by atoms with Crippen LogP contribution in [0.5, 0.6) is 5.75 Å². The van der Waals surface area contributed by atoms with Crippen molar-refractivity contribution < 1.29 is 9.53 Å². The van der Waals surface area contributed by atoms with Crippen LogP contribution in [-0.2, 0) is 11.3 Å². The molecule has 1 aliphatic heterocycles. The second kappa shape index (κ2) is 7.23. The fourth-order valence-electron chi connectivity index (χ4n) is 3.74. The van der Waals surface area contributed by atoms with Crippen LogP contribution >= 0.6 is 0 Å². The highest BCUT2D eigenvalue weighted by atomic mass is 16.5. The number of carbonyl (C=O) groups excluding carboxylic acids is 1. The first-order chi connectivity index (χ1) is 13.2. The highest BCUT2D eigenvalue weighted by Gasteiger charge is 2.30. The predicted molar refractivity (Wildman–Crippen MR) is 103 cm³/mol. The van der Waals surface area contributed by atoms with Gasteiger partial charge in [-0.15, -0.1) is 0 Å². The minimum absolute atomic E-state index is 0.00891. The lowest BCUT2D eigenvalue weighted by atomic mass is 10.0. The number of likely N-dealkylation sites (tertiary alicyclic amines) is 1. The SMILES string of the molecule is COc1ccc(C2CCCN2C(=O)Cn2ncc(=O)c3ccccc32)cc1. The number of ether oxygens (including phenoxy) is 1. The van der Waals surface area contributed by atoms with Gasteiger partial charge in [-0.1, -0.05) is 24.3 Å². The van der Waals surface area contributed by atoms with E-state index in [0.29, 0.717) is 10.9 Å². The number of nitrogens with zero attached hydrogens (tertiary/aromatic N) is 3. The summed E-state index contributed by atoms with van der Waals surface area (Å²) in [5.74, 6) is 0.813. The molecule has 1 atom stereocenters. The molecule has 4 rings (SSSR count). The van der Waals surface area contributed by atoms with Gasteiger partial charge in [0.15, 0.2) is 0 Å². The zero-order valence-electron chi connectivity index (χ0n) is 15.2. The van der Waals surface area contributed by atoms with E-state index in [0.717, 1.165) is 30.7 Å². The van der Waals surface area contributed by atoms with E-state index in [-0.39, 0.29) is 23.9 Å². The maximum absolute atomic E-state index is 13.0. The molecule has 0 N–H and O–H groups in total. The molecule has 3 aromatic rings. The average Bonchev–Trinajstić information content (AvgIpc) is 3.20. The van der Waals surface area contributed by atoms with Crippen LogP contribution in [0.2, 0.25) is 0 Å². The lowest BCUT2D eigenvalue weighted by molar-refractivity contribution is -0.132. The third-order valence-electron chi connectivity index (χ3n) is 5.12. The molecule has 1 aliphatic rings. The number of amides is 1. The summed E-state index contributed by atoms with van der Waals surface area (Å²) in [6.07, 6.45) is 3.19. The molecule has 138 valence electrons. The number of aromatic nitrogens is 2. The first-order valence-corrected chi connectivity index (χ1v) is 9.05. The van der Waals surface area contributed by atoms with Crippen LogP contribution in [0, 0.1) is 0 Å². The van der Waals surface area contributed by atoms with E-state index < -0.39 is 0 Å². The van der Waals surface area contributed by atoms with Gasteiger partial charge in [-0.3, -0.25) is 14.3 Å². The number of rotatable bonds is 4. The molecule has 0 aliphatic carbocycles. The van der Waals surface area contributed by atoms with Crippen molar-refractivity contribution in [3.05, 3.63) is 70.5 Å². The Morgan fingerprint density at radius 3 is 2.74 bits per heavy atom. The Kier molecular flexibility index (Phi) is 4.62. The Labute approximate surface area is 157 Å². The van der Waals surface area contributed by atoms with Crippen molar-refractivity contribution in [2.75, 3.05) is 13.7 Å². The van der Waals surface area contributed by atoms with Gasteiger partial charge in [0.2, 0.25) is 11.3 Å². The number of hydrogen-bond donors (Lipinski definition) is 0. The van der Waals surface area contributed by atoms with Crippen molar-refractivity contribution >= 4 is 16.8 Å². The van der Waals surface area contributed by atoms with Gasteiger partial charge >= 0.3 is 0 Å². The maximum Gasteiger partial charge on any atom is 0.244 e. The van der Waals surface area contributed by atoms with Gasteiger partial charge in [0.25, 0.3) is 0 Å². The Morgan fingerprint density at radius 2 is 1.96 bits per heavy atom. The summed E-state index contributed by atoms with van der Waals surface area (Å²) in [7, 11) is 1.64. The van der Waals surface area contributed by atoms with Crippen LogP contribution in [0.25, 0.3) is 10.9 Å². The molecule has 1 saturated heterocycles. The van der Waals surface area contributed by atoms with Gasteiger partial charge in [0, 0.05) is 11.9 Å². The first-order valence-electron chi connectivity index (χ1n) is 9.05. The van der Waals surface area contributed by atoms with Gasteiger partial charge in [-0.05, 0) is 42.7 Å². The van der Waals surface area contributed by atoms with Crippen LogP contribution in [0.15, 0.2) is 59.5 Å². The number of benzene rings is 2. The van der Waals surface area contributed by atoms with Gasteiger partial charge in [0.1, 0.15) is 12.3 Å². The van der Waals surface area contributed by atoms with Crippen LogP contribution in [0.3, 0.4) is 0 Å². The van der Waals surface area contributed by atoms with Crippen LogP contribution < -0.4 is 10.2 Å². The van der Waals surface area contributed by atoms with Gasteiger partial charge in [-0.2, -0.15) is 5.10 Å². The fourth-order valence-corrected chi connectivity index (χ4v) is 3.74. The zero-order valence-corrected chi connectivity index (χ0v) is 15.2. The van der Waals surface area contributed by atoms with Gasteiger partial charge in [0.05, 0.1) is 24.9 Å². The monoisotopic (exact) mass is 363 g/mol. The normalized spacial score (nSPS) is 16.6. The number of hydrogen-bond acceptors (Lipinski definition) is 4. The molecule has 1 unspecified atom stereocenters. The molecule has 0 spiro atoms. The summed E-state index contributed by atoms with van der Waals surface area (Å²) < 4.78 is 6.83. The van der Waals surface area contributed by atoms with Crippen LogP contribution in [0.4, 0.5) is 0 Å². The molecule has 6 nitrogen and oxygen atoms in total. The molecule has 2 aromatic carbocycles. The topological polar surface area (TPSA) is 64.4 Å². The van der Waals surface area contributed by atoms with E-state index in [2.05, 4.69) is 5.10 Å². The molecular formula is C21H21N3O3. The molecule has 0 radical (unpaired) electrons. The Balaban J connectivity index is 1.59.